The molecule has 0 saturated carbocycles. The smallest absolute Gasteiger partial charge is 0.0718 e. The number of aromatic nitrogens is 1. The Balaban J connectivity index is 2.00. The van der Waals surface area contributed by atoms with Gasteiger partial charge in [0.25, 0.3) is 0 Å². The van der Waals surface area contributed by atoms with Gasteiger partial charge in [-0.1, -0.05) is 24.3 Å². The summed E-state index contributed by atoms with van der Waals surface area (Å²) >= 11 is 1.65. The van der Waals surface area contributed by atoms with Crippen molar-refractivity contribution in [2.24, 2.45) is 0 Å². The first kappa shape index (κ1) is 14.7. The van der Waals surface area contributed by atoms with Gasteiger partial charge in [0.05, 0.1) is 6.04 Å². The van der Waals surface area contributed by atoms with Crippen LogP contribution in [0.15, 0.2) is 30.5 Å². The van der Waals surface area contributed by atoms with Gasteiger partial charge in [0.1, 0.15) is 0 Å². The second kappa shape index (κ2) is 6.26. The highest BCUT2D eigenvalue weighted by Crippen LogP contribution is 2.35. The highest BCUT2D eigenvalue weighted by Gasteiger charge is 2.28. The summed E-state index contributed by atoms with van der Waals surface area (Å²) in [4.78, 5) is 6.42. The molecule has 0 amide bonds. The lowest BCUT2D eigenvalue weighted by atomic mass is 9.96. The zero-order valence-corrected chi connectivity index (χ0v) is 13.9. The van der Waals surface area contributed by atoms with Crippen LogP contribution < -0.4 is 0 Å². The van der Waals surface area contributed by atoms with Crippen LogP contribution >= 0.6 is 11.5 Å². The minimum Gasteiger partial charge on any atom is -0.304 e. The van der Waals surface area contributed by atoms with E-state index in [2.05, 4.69) is 59.3 Å². The zero-order chi connectivity index (χ0) is 14.8. The standard InChI is InChI=1S/C17H23N3S/c1-13-6-4-5-7-15(13)16(17-14(2)12-18-21-17)20-10-8-19(3)9-11-20/h4-7,12,16H,8-11H2,1-3H3. The lowest BCUT2D eigenvalue weighted by Crippen LogP contribution is -2.46. The number of rotatable bonds is 3. The summed E-state index contributed by atoms with van der Waals surface area (Å²) in [5.74, 6) is 0. The Kier molecular flexibility index (Phi) is 4.38. The lowest BCUT2D eigenvalue weighted by Gasteiger charge is -2.38. The molecule has 1 saturated heterocycles. The molecule has 4 heteroatoms. The van der Waals surface area contributed by atoms with Crippen molar-refractivity contribution >= 4 is 11.5 Å². The van der Waals surface area contributed by atoms with Crippen LogP contribution in [0.3, 0.4) is 0 Å². The zero-order valence-electron chi connectivity index (χ0n) is 13.0. The van der Waals surface area contributed by atoms with Crippen molar-refractivity contribution in [1.82, 2.24) is 14.2 Å². The Labute approximate surface area is 131 Å². The minimum absolute atomic E-state index is 0.354. The number of hydrogen-bond acceptors (Lipinski definition) is 4. The fourth-order valence-electron chi connectivity index (χ4n) is 3.04. The molecule has 2 heterocycles. The van der Waals surface area contributed by atoms with Gasteiger partial charge in [-0.05, 0) is 49.1 Å². The molecule has 1 aromatic carbocycles. The quantitative estimate of drug-likeness (QED) is 0.868. The fraction of sp³-hybridized carbons (Fsp3) is 0.471. The van der Waals surface area contributed by atoms with Crippen LogP contribution in [0.1, 0.15) is 27.6 Å². The van der Waals surface area contributed by atoms with E-state index in [1.54, 1.807) is 11.5 Å². The molecule has 0 bridgehead atoms. The maximum atomic E-state index is 4.41. The number of nitrogens with zero attached hydrogens (tertiary/aromatic N) is 3. The van der Waals surface area contributed by atoms with Gasteiger partial charge >= 0.3 is 0 Å². The summed E-state index contributed by atoms with van der Waals surface area (Å²) in [6.45, 7) is 8.91. The topological polar surface area (TPSA) is 19.4 Å². The predicted octanol–water partition coefficient (Wildman–Crippen LogP) is 3.10. The SMILES string of the molecule is Cc1ccccc1C(c1sncc1C)N1CCN(C)CC1. The van der Waals surface area contributed by atoms with Crippen LogP contribution in [0.5, 0.6) is 0 Å². The van der Waals surface area contributed by atoms with Crippen LogP contribution in [0.2, 0.25) is 0 Å². The molecule has 3 rings (SSSR count). The summed E-state index contributed by atoms with van der Waals surface area (Å²) in [5.41, 5.74) is 4.11. The molecule has 21 heavy (non-hydrogen) atoms. The first-order valence-electron chi connectivity index (χ1n) is 7.56. The van der Waals surface area contributed by atoms with Crippen LogP contribution in [0.4, 0.5) is 0 Å². The normalized spacial score (nSPS) is 18.8. The summed E-state index contributed by atoms with van der Waals surface area (Å²) < 4.78 is 4.41. The van der Waals surface area contributed by atoms with Gasteiger partial charge in [-0.25, -0.2) is 4.37 Å². The lowest BCUT2D eigenvalue weighted by molar-refractivity contribution is 0.128. The second-order valence-corrected chi connectivity index (χ2v) is 6.80. The highest BCUT2D eigenvalue weighted by atomic mass is 32.1. The van der Waals surface area contributed by atoms with Gasteiger partial charge in [-0.15, -0.1) is 0 Å². The van der Waals surface area contributed by atoms with Crippen molar-refractivity contribution < 1.29 is 0 Å². The van der Waals surface area contributed by atoms with E-state index in [4.69, 9.17) is 0 Å². The van der Waals surface area contributed by atoms with E-state index in [1.807, 2.05) is 6.20 Å². The van der Waals surface area contributed by atoms with Crippen LogP contribution in [0, 0.1) is 13.8 Å². The number of piperazine rings is 1. The highest BCUT2D eigenvalue weighted by molar-refractivity contribution is 7.06. The van der Waals surface area contributed by atoms with Gasteiger partial charge in [0.2, 0.25) is 0 Å². The monoisotopic (exact) mass is 301 g/mol. The van der Waals surface area contributed by atoms with E-state index in [9.17, 15) is 0 Å². The molecule has 3 nitrogen and oxygen atoms in total. The van der Waals surface area contributed by atoms with Gasteiger partial charge in [0.15, 0.2) is 0 Å². The summed E-state index contributed by atoms with van der Waals surface area (Å²) in [6, 6.07) is 9.13. The van der Waals surface area contributed by atoms with Crippen LogP contribution in [0.25, 0.3) is 0 Å². The third kappa shape index (κ3) is 3.03. The van der Waals surface area contributed by atoms with Gasteiger partial charge in [-0.3, -0.25) is 4.90 Å². The van der Waals surface area contributed by atoms with E-state index >= 15 is 0 Å². The third-order valence-electron chi connectivity index (χ3n) is 4.42. The first-order chi connectivity index (χ1) is 10.2. The number of benzene rings is 1. The van der Waals surface area contributed by atoms with Crippen LogP contribution in [-0.4, -0.2) is 47.4 Å². The van der Waals surface area contributed by atoms with Crippen molar-refractivity contribution in [1.29, 1.82) is 0 Å². The van der Waals surface area contributed by atoms with E-state index in [0.717, 1.165) is 26.2 Å². The molecule has 1 aromatic heterocycles. The summed E-state index contributed by atoms with van der Waals surface area (Å²) in [7, 11) is 2.21. The largest absolute Gasteiger partial charge is 0.304 e. The molecule has 0 radical (unpaired) electrons. The van der Waals surface area contributed by atoms with E-state index < -0.39 is 0 Å². The Morgan fingerprint density at radius 1 is 1.05 bits per heavy atom. The Hall–Kier alpha value is -1.23. The molecule has 112 valence electrons. The van der Waals surface area contributed by atoms with Crippen molar-refractivity contribution in [3.05, 3.63) is 52.0 Å². The number of likely N-dealkylation sites (N-methyl/N-ethyl adjacent to an activating group) is 1. The fourth-order valence-corrected chi connectivity index (χ4v) is 3.94. The maximum absolute atomic E-state index is 4.41. The molecule has 0 spiro atoms. The molecule has 1 aliphatic rings. The molecular weight excluding hydrogens is 278 g/mol. The number of aryl methyl sites for hydroxylation is 2. The van der Waals surface area contributed by atoms with Gasteiger partial charge in [-0.2, -0.15) is 0 Å². The van der Waals surface area contributed by atoms with E-state index in [0.29, 0.717) is 6.04 Å². The average molecular weight is 301 g/mol. The van der Waals surface area contributed by atoms with Crippen molar-refractivity contribution in [2.75, 3.05) is 33.2 Å². The first-order valence-corrected chi connectivity index (χ1v) is 8.33. The molecule has 1 fully saturated rings. The van der Waals surface area contributed by atoms with E-state index in [1.165, 1.54) is 21.6 Å². The molecule has 1 atom stereocenters. The molecular formula is C17H23N3S. The minimum atomic E-state index is 0.354. The van der Waals surface area contributed by atoms with E-state index in [-0.39, 0.29) is 0 Å². The predicted molar refractivity (Wildman–Crippen MR) is 88.9 cm³/mol. The van der Waals surface area contributed by atoms with Crippen molar-refractivity contribution in [3.63, 3.8) is 0 Å². The molecule has 1 unspecified atom stereocenters. The third-order valence-corrected chi connectivity index (χ3v) is 5.37. The molecule has 1 aliphatic heterocycles. The Morgan fingerprint density at radius 2 is 1.76 bits per heavy atom. The second-order valence-electron chi connectivity index (χ2n) is 5.97. The van der Waals surface area contributed by atoms with Gasteiger partial charge in [0, 0.05) is 37.3 Å². The summed E-state index contributed by atoms with van der Waals surface area (Å²) in [6.07, 6.45) is 2.00. The van der Waals surface area contributed by atoms with Gasteiger partial charge < -0.3 is 4.90 Å². The maximum Gasteiger partial charge on any atom is 0.0718 e. The Bertz CT molecular complexity index is 600. The van der Waals surface area contributed by atoms with Crippen molar-refractivity contribution in [2.45, 2.75) is 19.9 Å². The van der Waals surface area contributed by atoms with Crippen molar-refractivity contribution in [3.8, 4) is 0 Å². The Morgan fingerprint density at radius 3 is 2.38 bits per heavy atom. The average Bonchev–Trinajstić information content (AvgIpc) is 2.89. The summed E-state index contributed by atoms with van der Waals surface area (Å²) in [5, 5.41) is 0. The van der Waals surface area contributed by atoms with Crippen LogP contribution in [-0.2, 0) is 0 Å². The number of hydrogen-bond donors (Lipinski definition) is 0. The molecule has 2 aromatic rings. The molecule has 0 N–H and O–H groups in total. The molecule has 0 aliphatic carbocycles.